The SMILES string of the molecule is COCC(C)NC(=O)NC(CCC(=O)O)c1ccccc1. The monoisotopic (exact) mass is 294 g/mol. The van der Waals surface area contributed by atoms with Gasteiger partial charge in [0.05, 0.1) is 18.7 Å². The highest BCUT2D eigenvalue weighted by Gasteiger charge is 2.16. The number of ether oxygens (including phenoxy) is 1. The van der Waals surface area contributed by atoms with Crippen LogP contribution in [0.15, 0.2) is 30.3 Å². The third-order valence-electron chi connectivity index (χ3n) is 2.95. The molecule has 6 heteroatoms. The summed E-state index contributed by atoms with van der Waals surface area (Å²) in [5.41, 5.74) is 0.883. The van der Waals surface area contributed by atoms with Crippen molar-refractivity contribution >= 4 is 12.0 Å². The van der Waals surface area contributed by atoms with E-state index < -0.39 is 5.97 Å². The van der Waals surface area contributed by atoms with E-state index in [2.05, 4.69) is 10.6 Å². The van der Waals surface area contributed by atoms with Crippen molar-refractivity contribution < 1.29 is 19.4 Å². The van der Waals surface area contributed by atoms with Gasteiger partial charge in [-0.2, -0.15) is 0 Å². The quantitative estimate of drug-likeness (QED) is 0.683. The van der Waals surface area contributed by atoms with Gasteiger partial charge in [0.1, 0.15) is 0 Å². The molecule has 0 aliphatic heterocycles. The Morgan fingerprint density at radius 2 is 1.90 bits per heavy atom. The zero-order valence-corrected chi connectivity index (χ0v) is 12.3. The van der Waals surface area contributed by atoms with E-state index in [1.54, 1.807) is 7.11 Å². The van der Waals surface area contributed by atoms with Crippen LogP contribution in [0.25, 0.3) is 0 Å². The number of carboxylic acid groups (broad SMARTS) is 1. The van der Waals surface area contributed by atoms with Gasteiger partial charge in [0, 0.05) is 13.5 Å². The van der Waals surface area contributed by atoms with Gasteiger partial charge in [-0.05, 0) is 18.9 Å². The van der Waals surface area contributed by atoms with E-state index in [1.165, 1.54) is 0 Å². The predicted molar refractivity (Wildman–Crippen MR) is 79.1 cm³/mol. The van der Waals surface area contributed by atoms with Gasteiger partial charge in [-0.25, -0.2) is 4.79 Å². The zero-order valence-electron chi connectivity index (χ0n) is 12.3. The molecule has 1 rings (SSSR count). The molecule has 116 valence electrons. The summed E-state index contributed by atoms with van der Waals surface area (Å²) in [6, 6.07) is 8.53. The van der Waals surface area contributed by atoms with Crippen LogP contribution < -0.4 is 10.6 Å². The first kappa shape index (κ1) is 17.0. The topological polar surface area (TPSA) is 87.7 Å². The van der Waals surface area contributed by atoms with E-state index in [1.807, 2.05) is 37.3 Å². The van der Waals surface area contributed by atoms with Crippen LogP contribution in [0.1, 0.15) is 31.4 Å². The molecule has 2 amide bonds. The number of benzene rings is 1. The molecule has 1 aromatic rings. The molecule has 0 bridgehead atoms. The first-order valence-corrected chi connectivity index (χ1v) is 6.85. The highest BCUT2D eigenvalue weighted by Crippen LogP contribution is 2.18. The Morgan fingerprint density at radius 1 is 1.24 bits per heavy atom. The van der Waals surface area contributed by atoms with Crippen LogP contribution in [0, 0.1) is 0 Å². The summed E-state index contributed by atoms with van der Waals surface area (Å²) >= 11 is 0. The minimum atomic E-state index is -0.883. The standard InChI is InChI=1S/C15H22N2O4/c1-11(10-21-2)16-15(20)17-13(8-9-14(18)19)12-6-4-3-5-7-12/h3-7,11,13H,8-10H2,1-2H3,(H,18,19)(H2,16,17,20). The molecule has 2 unspecified atom stereocenters. The number of aliphatic carboxylic acids is 1. The molecule has 0 fully saturated rings. The van der Waals surface area contributed by atoms with Crippen molar-refractivity contribution in [1.29, 1.82) is 0 Å². The van der Waals surface area contributed by atoms with Crippen molar-refractivity contribution in [3.63, 3.8) is 0 Å². The molecule has 6 nitrogen and oxygen atoms in total. The molecule has 0 radical (unpaired) electrons. The van der Waals surface area contributed by atoms with Crippen molar-refractivity contribution in [1.82, 2.24) is 10.6 Å². The van der Waals surface area contributed by atoms with E-state index in [9.17, 15) is 9.59 Å². The Balaban J connectivity index is 2.64. The van der Waals surface area contributed by atoms with Gasteiger partial charge < -0.3 is 20.5 Å². The van der Waals surface area contributed by atoms with Crippen molar-refractivity contribution in [3.8, 4) is 0 Å². The normalized spacial score (nSPS) is 13.2. The summed E-state index contributed by atoms with van der Waals surface area (Å²) in [4.78, 5) is 22.7. The van der Waals surface area contributed by atoms with Crippen LogP contribution in [-0.2, 0) is 9.53 Å². The summed E-state index contributed by atoms with van der Waals surface area (Å²) in [6.45, 7) is 2.25. The first-order valence-electron chi connectivity index (χ1n) is 6.85. The number of urea groups is 1. The van der Waals surface area contributed by atoms with E-state index in [4.69, 9.17) is 9.84 Å². The van der Waals surface area contributed by atoms with Crippen molar-refractivity contribution in [2.75, 3.05) is 13.7 Å². The molecule has 0 aromatic heterocycles. The minimum absolute atomic E-state index is 0.00648. The summed E-state index contributed by atoms with van der Waals surface area (Å²) in [6.07, 6.45) is 0.332. The second-order valence-corrected chi connectivity index (χ2v) is 4.87. The van der Waals surface area contributed by atoms with E-state index in [0.717, 1.165) is 5.56 Å². The number of hydrogen-bond acceptors (Lipinski definition) is 3. The molecule has 3 N–H and O–H groups in total. The van der Waals surface area contributed by atoms with Gasteiger partial charge in [-0.1, -0.05) is 30.3 Å². The maximum atomic E-state index is 11.9. The molecule has 0 heterocycles. The minimum Gasteiger partial charge on any atom is -0.481 e. The van der Waals surface area contributed by atoms with Crippen molar-refractivity contribution in [3.05, 3.63) is 35.9 Å². The fourth-order valence-electron chi connectivity index (χ4n) is 1.99. The largest absolute Gasteiger partial charge is 0.481 e. The second-order valence-electron chi connectivity index (χ2n) is 4.87. The highest BCUT2D eigenvalue weighted by molar-refractivity contribution is 5.75. The maximum absolute atomic E-state index is 11.9. The van der Waals surface area contributed by atoms with Gasteiger partial charge in [0.15, 0.2) is 0 Å². The lowest BCUT2D eigenvalue weighted by Crippen LogP contribution is -2.44. The van der Waals surface area contributed by atoms with Crippen LogP contribution >= 0.6 is 0 Å². The summed E-state index contributed by atoms with van der Waals surface area (Å²) in [5.74, 6) is -0.883. The Kier molecular flexibility index (Phi) is 7.25. The molecular formula is C15H22N2O4. The molecule has 21 heavy (non-hydrogen) atoms. The van der Waals surface area contributed by atoms with E-state index >= 15 is 0 Å². The second kappa shape index (κ2) is 8.97. The van der Waals surface area contributed by atoms with Gasteiger partial charge in [0.25, 0.3) is 0 Å². The fraction of sp³-hybridized carbons (Fsp3) is 0.467. The number of carboxylic acids is 1. The molecule has 0 aliphatic rings. The molecular weight excluding hydrogens is 272 g/mol. The lowest BCUT2D eigenvalue weighted by atomic mass is 10.0. The fourth-order valence-corrected chi connectivity index (χ4v) is 1.99. The molecule has 0 saturated carbocycles. The van der Waals surface area contributed by atoms with Gasteiger partial charge in [-0.3, -0.25) is 4.79 Å². The molecule has 0 spiro atoms. The molecule has 2 atom stereocenters. The number of rotatable bonds is 8. The smallest absolute Gasteiger partial charge is 0.315 e. The number of methoxy groups -OCH3 is 1. The van der Waals surface area contributed by atoms with Crippen LogP contribution in [0.4, 0.5) is 4.79 Å². The van der Waals surface area contributed by atoms with Gasteiger partial charge in [0.2, 0.25) is 0 Å². The summed E-state index contributed by atoms with van der Waals surface area (Å²) < 4.78 is 4.95. The predicted octanol–water partition coefficient (Wildman–Crippen LogP) is 1.93. The lowest BCUT2D eigenvalue weighted by Gasteiger charge is -2.21. The zero-order chi connectivity index (χ0) is 15.7. The highest BCUT2D eigenvalue weighted by atomic mass is 16.5. The Hall–Kier alpha value is -2.08. The first-order chi connectivity index (χ1) is 10.0. The third-order valence-corrected chi connectivity index (χ3v) is 2.95. The molecule has 0 aliphatic carbocycles. The third kappa shape index (κ3) is 6.76. The Bertz CT molecular complexity index is 450. The number of hydrogen-bond donors (Lipinski definition) is 3. The van der Waals surface area contributed by atoms with Gasteiger partial charge >= 0.3 is 12.0 Å². The van der Waals surface area contributed by atoms with Crippen LogP contribution in [0.5, 0.6) is 0 Å². The number of carbonyl (C=O) groups is 2. The van der Waals surface area contributed by atoms with Crippen molar-refractivity contribution in [2.45, 2.75) is 31.8 Å². The molecule has 0 saturated heterocycles. The number of amides is 2. The summed E-state index contributed by atoms with van der Waals surface area (Å²) in [5, 5.41) is 14.4. The van der Waals surface area contributed by atoms with Crippen LogP contribution in [0.3, 0.4) is 0 Å². The Labute approximate surface area is 124 Å². The molecule has 1 aromatic carbocycles. The van der Waals surface area contributed by atoms with Crippen molar-refractivity contribution in [2.24, 2.45) is 0 Å². The number of carbonyl (C=O) groups excluding carboxylic acids is 1. The average Bonchev–Trinajstić information content (AvgIpc) is 2.44. The number of nitrogens with one attached hydrogen (secondary N) is 2. The maximum Gasteiger partial charge on any atom is 0.315 e. The van der Waals surface area contributed by atoms with Gasteiger partial charge in [-0.15, -0.1) is 0 Å². The van der Waals surface area contributed by atoms with E-state index in [0.29, 0.717) is 13.0 Å². The Morgan fingerprint density at radius 3 is 2.48 bits per heavy atom. The van der Waals surface area contributed by atoms with Crippen LogP contribution in [-0.4, -0.2) is 36.9 Å². The van der Waals surface area contributed by atoms with Crippen LogP contribution in [0.2, 0.25) is 0 Å². The van der Waals surface area contributed by atoms with E-state index in [-0.39, 0.29) is 24.5 Å². The summed E-state index contributed by atoms with van der Waals surface area (Å²) in [7, 11) is 1.57. The lowest BCUT2D eigenvalue weighted by molar-refractivity contribution is -0.137. The average molecular weight is 294 g/mol.